The van der Waals surface area contributed by atoms with E-state index >= 15 is 0 Å². The number of anilines is 1. The smallest absolute Gasteiger partial charge is 0.166 e. The summed E-state index contributed by atoms with van der Waals surface area (Å²) in [5, 5.41) is 13.8. The number of benzene rings is 2. The molecule has 3 rings (SSSR count). The second-order valence-corrected chi connectivity index (χ2v) is 6.29. The first kappa shape index (κ1) is 14.4. The highest BCUT2D eigenvalue weighted by Crippen LogP contribution is 2.39. The Balaban J connectivity index is 1.92. The molecule has 0 bridgehead atoms. The molecule has 0 aliphatic carbocycles. The lowest BCUT2D eigenvalue weighted by Gasteiger charge is -2.22. The van der Waals surface area contributed by atoms with E-state index in [0.717, 1.165) is 10.2 Å². The standard InChI is InChI=1S/C16H12BrNO2S/c17-11-7-5-10(6-8-11)14(19)9-16(20)12-3-1-2-4-13(12)18-15(16)21/h1-8,20H,9H2,(H,18,21)/t16-/m0/s1. The minimum absolute atomic E-state index is 0.0719. The van der Waals surface area contributed by atoms with Gasteiger partial charge in [-0.25, -0.2) is 0 Å². The molecule has 2 aromatic rings. The molecule has 0 spiro atoms. The van der Waals surface area contributed by atoms with Crippen molar-refractivity contribution in [1.82, 2.24) is 0 Å². The first-order chi connectivity index (χ1) is 10.0. The molecule has 0 unspecified atom stereocenters. The minimum Gasteiger partial charge on any atom is -0.377 e. The summed E-state index contributed by atoms with van der Waals surface area (Å²) in [6.45, 7) is 0. The van der Waals surface area contributed by atoms with E-state index in [0.29, 0.717) is 11.1 Å². The number of fused-ring (bicyclic) bond motifs is 1. The lowest BCUT2D eigenvalue weighted by molar-refractivity contribution is 0.0753. The van der Waals surface area contributed by atoms with Gasteiger partial charge in [-0.05, 0) is 18.2 Å². The van der Waals surface area contributed by atoms with Gasteiger partial charge in [-0.1, -0.05) is 58.5 Å². The first-order valence-electron chi connectivity index (χ1n) is 6.43. The molecule has 5 heteroatoms. The van der Waals surface area contributed by atoms with E-state index < -0.39 is 5.60 Å². The molecule has 0 amide bonds. The second kappa shape index (κ2) is 5.33. The minimum atomic E-state index is -1.43. The summed E-state index contributed by atoms with van der Waals surface area (Å²) in [5.74, 6) is -0.147. The van der Waals surface area contributed by atoms with Gasteiger partial charge in [0.25, 0.3) is 0 Å². The largest absolute Gasteiger partial charge is 0.377 e. The number of halogens is 1. The zero-order valence-corrected chi connectivity index (χ0v) is 13.4. The molecule has 2 aromatic carbocycles. The highest BCUT2D eigenvalue weighted by Gasteiger charge is 2.43. The van der Waals surface area contributed by atoms with Crippen molar-refractivity contribution in [3.05, 3.63) is 64.1 Å². The molecule has 0 aromatic heterocycles. The van der Waals surface area contributed by atoms with Crippen molar-refractivity contribution in [2.45, 2.75) is 12.0 Å². The van der Waals surface area contributed by atoms with Crippen LogP contribution in [0.1, 0.15) is 22.3 Å². The van der Waals surface area contributed by atoms with Crippen molar-refractivity contribution in [3.63, 3.8) is 0 Å². The van der Waals surface area contributed by atoms with Gasteiger partial charge < -0.3 is 10.4 Å². The SMILES string of the molecule is O=C(C[C@@]1(O)C(=S)Nc2ccccc21)c1ccc(Br)cc1. The van der Waals surface area contributed by atoms with Crippen LogP contribution < -0.4 is 5.32 Å². The molecule has 21 heavy (non-hydrogen) atoms. The van der Waals surface area contributed by atoms with Gasteiger partial charge in [0.05, 0.1) is 6.42 Å². The number of rotatable bonds is 3. The average molecular weight is 362 g/mol. The maximum absolute atomic E-state index is 12.4. The van der Waals surface area contributed by atoms with E-state index in [9.17, 15) is 9.90 Å². The summed E-state index contributed by atoms with van der Waals surface area (Å²) in [6.07, 6.45) is -0.0719. The number of aliphatic hydroxyl groups is 1. The van der Waals surface area contributed by atoms with Crippen LogP contribution in [0.25, 0.3) is 0 Å². The molecule has 1 aliphatic rings. The van der Waals surface area contributed by atoms with E-state index in [1.807, 2.05) is 18.2 Å². The Morgan fingerprint density at radius 1 is 1.19 bits per heavy atom. The van der Waals surface area contributed by atoms with E-state index in [1.54, 1.807) is 30.3 Å². The van der Waals surface area contributed by atoms with Crippen LogP contribution in [0.5, 0.6) is 0 Å². The Morgan fingerprint density at radius 3 is 2.57 bits per heavy atom. The van der Waals surface area contributed by atoms with Crippen LogP contribution >= 0.6 is 28.1 Å². The van der Waals surface area contributed by atoms with Crippen molar-refractivity contribution in [2.75, 3.05) is 5.32 Å². The number of thiocarbonyl (C=S) groups is 1. The number of hydrogen-bond donors (Lipinski definition) is 2. The summed E-state index contributed by atoms with van der Waals surface area (Å²) in [6, 6.07) is 14.4. The molecule has 2 N–H and O–H groups in total. The first-order valence-corrected chi connectivity index (χ1v) is 7.63. The van der Waals surface area contributed by atoms with Gasteiger partial charge in [0.1, 0.15) is 10.6 Å². The van der Waals surface area contributed by atoms with Crippen LogP contribution in [-0.4, -0.2) is 15.9 Å². The molecular formula is C16H12BrNO2S. The molecule has 0 saturated carbocycles. The molecule has 0 fully saturated rings. The Labute approximate surface area is 136 Å². The molecule has 1 aliphatic heterocycles. The van der Waals surface area contributed by atoms with Gasteiger partial charge in [0, 0.05) is 21.3 Å². The van der Waals surface area contributed by atoms with Gasteiger partial charge in [0.2, 0.25) is 0 Å². The van der Waals surface area contributed by atoms with E-state index in [2.05, 4.69) is 21.2 Å². The van der Waals surface area contributed by atoms with Crippen molar-refractivity contribution < 1.29 is 9.90 Å². The quantitative estimate of drug-likeness (QED) is 0.646. The molecule has 0 saturated heterocycles. The van der Waals surface area contributed by atoms with Crippen molar-refractivity contribution in [2.24, 2.45) is 0 Å². The fraction of sp³-hybridized carbons (Fsp3) is 0.125. The van der Waals surface area contributed by atoms with Crippen LogP contribution in [0.4, 0.5) is 5.69 Å². The summed E-state index contributed by atoms with van der Waals surface area (Å²) >= 11 is 8.56. The van der Waals surface area contributed by atoms with Crippen molar-refractivity contribution in [3.8, 4) is 0 Å². The number of nitrogens with one attached hydrogen (secondary N) is 1. The van der Waals surface area contributed by atoms with Crippen molar-refractivity contribution in [1.29, 1.82) is 0 Å². The van der Waals surface area contributed by atoms with Gasteiger partial charge in [-0.15, -0.1) is 0 Å². The Hall–Kier alpha value is -1.56. The Bertz CT molecular complexity index is 729. The van der Waals surface area contributed by atoms with E-state index in [-0.39, 0.29) is 17.2 Å². The molecule has 0 radical (unpaired) electrons. The molecule has 1 heterocycles. The van der Waals surface area contributed by atoms with Gasteiger partial charge >= 0.3 is 0 Å². The Kier molecular flexibility index (Phi) is 3.65. The number of hydrogen-bond acceptors (Lipinski definition) is 3. The van der Waals surface area contributed by atoms with E-state index in [1.165, 1.54) is 0 Å². The van der Waals surface area contributed by atoms with Crippen LogP contribution in [0.2, 0.25) is 0 Å². The molecule has 106 valence electrons. The summed E-state index contributed by atoms with van der Waals surface area (Å²) < 4.78 is 0.904. The zero-order chi connectivity index (χ0) is 15.0. The normalized spacial score (nSPS) is 20.0. The van der Waals surface area contributed by atoms with Gasteiger partial charge in [-0.3, -0.25) is 4.79 Å². The number of Topliss-reactive ketones (excluding diaryl/α,β-unsaturated/α-hetero) is 1. The fourth-order valence-corrected chi connectivity index (χ4v) is 3.00. The lowest BCUT2D eigenvalue weighted by Crippen LogP contribution is -2.35. The van der Waals surface area contributed by atoms with Crippen LogP contribution in [-0.2, 0) is 5.60 Å². The van der Waals surface area contributed by atoms with Crippen molar-refractivity contribution >= 4 is 44.6 Å². The fourth-order valence-electron chi connectivity index (χ4n) is 2.45. The third-order valence-electron chi connectivity index (χ3n) is 3.58. The van der Waals surface area contributed by atoms with Crippen LogP contribution in [0, 0.1) is 0 Å². The van der Waals surface area contributed by atoms with Crippen LogP contribution in [0.3, 0.4) is 0 Å². The number of carbonyl (C=O) groups excluding carboxylic acids is 1. The summed E-state index contributed by atoms with van der Waals surface area (Å²) in [4.78, 5) is 12.7. The highest BCUT2D eigenvalue weighted by atomic mass is 79.9. The number of para-hydroxylation sites is 1. The lowest BCUT2D eigenvalue weighted by atomic mass is 9.88. The maximum atomic E-state index is 12.4. The summed E-state index contributed by atoms with van der Waals surface area (Å²) in [7, 11) is 0. The number of carbonyl (C=O) groups is 1. The monoisotopic (exact) mass is 361 g/mol. The third-order valence-corrected chi connectivity index (χ3v) is 4.55. The topological polar surface area (TPSA) is 49.3 Å². The van der Waals surface area contributed by atoms with Gasteiger partial charge in [-0.2, -0.15) is 0 Å². The second-order valence-electron chi connectivity index (χ2n) is 4.97. The highest BCUT2D eigenvalue weighted by molar-refractivity contribution is 9.10. The molecular weight excluding hydrogens is 350 g/mol. The molecule has 3 nitrogen and oxygen atoms in total. The predicted octanol–water partition coefficient (Wildman–Crippen LogP) is 3.66. The maximum Gasteiger partial charge on any atom is 0.166 e. The van der Waals surface area contributed by atoms with E-state index in [4.69, 9.17) is 12.2 Å². The van der Waals surface area contributed by atoms with Gasteiger partial charge in [0.15, 0.2) is 5.78 Å². The molecule has 1 atom stereocenters. The summed E-state index contributed by atoms with van der Waals surface area (Å²) in [5.41, 5.74) is 0.531. The Morgan fingerprint density at radius 2 is 1.86 bits per heavy atom. The third kappa shape index (κ3) is 2.52. The average Bonchev–Trinajstić information content (AvgIpc) is 2.71. The van der Waals surface area contributed by atoms with Crippen LogP contribution in [0.15, 0.2) is 53.0 Å². The zero-order valence-electron chi connectivity index (χ0n) is 11.0. The predicted molar refractivity (Wildman–Crippen MR) is 89.6 cm³/mol. The number of ketones is 1.